The third-order valence-electron chi connectivity index (χ3n) is 0. The average molecular weight is 709 g/mol. The molecule has 0 rings (SSSR count). The molecule has 8 heavy (non-hydrogen) atoms. The van der Waals surface area contributed by atoms with E-state index >= 15 is 0 Å². The van der Waals surface area contributed by atoms with Crippen molar-refractivity contribution < 1.29 is 194 Å². The quantitative estimate of drug-likeness (QED) is 0.174. The minimum Gasteiger partial charge on any atom is -1.00 e. The summed E-state index contributed by atoms with van der Waals surface area (Å²) >= 11 is 0. The zero-order chi connectivity index (χ0) is 0. The summed E-state index contributed by atoms with van der Waals surface area (Å²) < 4.78 is 0. The van der Waals surface area contributed by atoms with Crippen LogP contribution >= 0.6 is 0 Å². The molecule has 0 aliphatic rings. The van der Waals surface area contributed by atoms with Crippen LogP contribution in [0.1, 0.15) is 0 Å². The molecule has 0 unspecified atom stereocenters. The van der Waals surface area contributed by atoms with Crippen LogP contribution in [0.3, 0.4) is 0 Å². The van der Waals surface area contributed by atoms with Gasteiger partial charge in [0.1, 0.15) is 0 Å². The monoisotopic (exact) mass is 709 g/mol. The van der Waals surface area contributed by atoms with E-state index in [4.69, 9.17) is 0 Å². The first kappa shape index (κ1) is 64.9. The van der Waals surface area contributed by atoms with Crippen molar-refractivity contribution in [1.29, 1.82) is 0 Å². The van der Waals surface area contributed by atoms with E-state index in [1.165, 1.54) is 0 Å². The van der Waals surface area contributed by atoms with Crippen LogP contribution in [-0.4, -0.2) is 0 Å². The van der Waals surface area contributed by atoms with Crippen LogP contribution in [0.4, 0.5) is 0 Å². The molecule has 0 amide bonds. The molecule has 0 fully saturated rings. The molecule has 0 aromatic rings. The van der Waals surface area contributed by atoms with Crippen molar-refractivity contribution in [3.05, 3.63) is 0 Å². The van der Waals surface area contributed by atoms with E-state index in [0.717, 1.165) is 0 Å². The van der Waals surface area contributed by atoms with E-state index in [1.54, 1.807) is 0 Å². The number of hydrogen-bond donors (Lipinski definition) is 0. The standard InChI is InChI=1S/5HI.Li.Na.Sc/h5*1H;;;/q;;;;;2*+1;+3/p-5. The average Bonchev–Trinajstić information content (AvgIpc) is 0. The topological polar surface area (TPSA) is 0 Å². The van der Waals surface area contributed by atoms with Crippen LogP contribution in [0.25, 0.3) is 0 Å². The van der Waals surface area contributed by atoms with Gasteiger partial charge in [0.15, 0.2) is 0 Å². The summed E-state index contributed by atoms with van der Waals surface area (Å²) in [4.78, 5) is 0. The van der Waals surface area contributed by atoms with Gasteiger partial charge in [-0.05, 0) is 0 Å². The fourth-order valence-electron chi connectivity index (χ4n) is 0. The minimum absolute atomic E-state index is 0. The molecule has 0 saturated heterocycles. The van der Waals surface area contributed by atoms with Crippen molar-refractivity contribution in [1.82, 2.24) is 0 Å². The second-order valence-corrected chi connectivity index (χ2v) is 0. The zero-order valence-electron chi connectivity index (χ0n) is 4.47. The van der Waals surface area contributed by atoms with Gasteiger partial charge < -0.3 is 120 Å². The third-order valence-corrected chi connectivity index (χ3v) is 0. The predicted molar refractivity (Wildman–Crippen MR) is 0 cm³/mol. The maximum absolute atomic E-state index is 0. The van der Waals surface area contributed by atoms with Crippen LogP contribution in [0.2, 0.25) is 0 Å². The van der Waals surface area contributed by atoms with Gasteiger partial charge in [-0.3, -0.25) is 0 Å². The summed E-state index contributed by atoms with van der Waals surface area (Å²) in [5, 5.41) is 0. The Morgan fingerprint density at radius 3 is 0.500 bits per heavy atom. The number of halogens is 5. The Bertz CT molecular complexity index is 12.4. The van der Waals surface area contributed by atoms with E-state index in [2.05, 4.69) is 0 Å². The van der Waals surface area contributed by atoms with Gasteiger partial charge >= 0.3 is 74.3 Å². The molecular weight excluding hydrogens is 709 g/mol. The van der Waals surface area contributed by atoms with Gasteiger partial charge in [-0.1, -0.05) is 0 Å². The van der Waals surface area contributed by atoms with Crippen molar-refractivity contribution in [2.45, 2.75) is 0 Å². The molecule has 8 heteroatoms. The van der Waals surface area contributed by atoms with E-state index < -0.39 is 0 Å². The Hall–Kier alpha value is 6.12. The van der Waals surface area contributed by atoms with Crippen molar-refractivity contribution in [3.63, 3.8) is 0 Å². The fraction of sp³-hybridized carbons (Fsp3) is 0. The van der Waals surface area contributed by atoms with Gasteiger partial charge in [0, 0.05) is 0 Å². The molecule has 40 valence electrons. The summed E-state index contributed by atoms with van der Waals surface area (Å²) in [5.41, 5.74) is 0. The molecule has 0 bridgehead atoms. The summed E-state index contributed by atoms with van der Waals surface area (Å²) in [7, 11) is 0. The molecule has 0 aliphatic carbocycles. The van der Waals surface area contributed by atoms with Crippen molar-refractivity contribution in [3.8, 4) is 0 Å². The van der Waals surface area contributed by atoms with Crippen LogP contribution in [0.15, 0.2) is 0 Å². The van der Waals surface area contributed by atoms with Gasteiger partial charge in [-0.15, -0.1) is 0 Å². The molecule has 0 heterocycles. The largest absolute Gasteiger partial charge is 3.00 e. The van der Waals surface area contributed by atoms with Gasteiger partial charge in [0.05, 0.1) is 0 Å². The first-order valence-corrected chi connectivity index (χ1v) is 0. The Kier molecular flexibility index (Phi) is 418. The summed E-state index contributed by atoms with van der Waals surface area (Å²) in [5.74, 6) is 0. The Morgan fingerprint density at radius 1 is 0.500 bits per heavy atom. The first-order valence-electron chi connectivity index (χ1n) is 0. The normalized spacial score (nSPS) is 0. The predicted octanol–water partition coefficient (Wildman–Crippen LogP) is -21.0. The summed E-state index contributed by atoms with van der Waals surface area (Å²) in [6.45, 7) is 0. The van der Waals surface area contributed by atoms with Crippen LogP contribution in [0.5, 0.6) is 0 Å². The second kappa shape index (κ2) is 51.5. The van der Waals surface area contributed by atoms with E-state index in [0.29, 0.717) is 0 Å². The van der Waals surface area contributed by atoms with Crippen molar-refractivity contribution in [2.24, 2.45) is 0 Å². The molecule has 0 aliphatic heterocycles. The Morgan fingerprint density at radius 2 is 0.500 bits per heavy atom. The Labute approximate surface area is 189 Å². The van der Waals surface area contributed by atoms with E-state index in [9.17, 15) is 0 Å². The maximum atomic E-state index is 0. The van der Waals surface area contributed by atoms with E-state index in [-0.39, 0.29) is 194 Å². The van der Waals surface area contributed by atoms with Gasteiger partial charge in [0.2, 0.25) is 0 Å². The molecule has 0 radical (unpaired) electrons. The SMILES string of the molecule is [I-].[I-].[I-].[I-].[I-].[Li+].[Na+].[Sc+3]. The van der Waals surface area contributed by atoms with Crippen molar-refractivity contribution >= 4 is 0 Å². The number of rotatable bonds is 0. The first-order chi connectivity index (χ1) is 0. The molecule has 0 aromatic carbocycles. The molecule has 0 spiro atoms. The molecule has 0 saturated carbocycles. The maximum Gasteiger partial charge on any atom is 3.00 e. The molecule has 0 nitrogen and oxygen atoms in total. The zero-order valence-corrected chi connectivity index (χ0v) is 19.1. The van der Waals surface area contributed by atoms with Crippen LogP contribution < -0.4 is 168 Å². The second-order valence-electron chi connectivity index (χ2n) is 0. The minimum atomic E-state index is 0. The summed E-state index contributed by atoms with van der Waals surface area (Å²) in [6, 6.07) is 0. The van der Waals surface area contributed by atoms with E-state index in [1.807, 2.05) is 0 Å². The van der Waals surface area contributed by atoms with Crippen LogP contribution in [0, 0.1) is 0 Å². The molecular formula is I5LiNaSc. The molecule has 0 N–H and O–H groups in total. The smallest absolute Gasteiger partial charge is 1.00 e. The van der Waals surface area contributed by atoms with Crippen LogP contribution in [-0.2, 0) is 25.8 Å². The number of hydrogen-bond acceptors (Lipinski definition) is 0. The fourth-order valence-corrected chi connectivity index (χ4v) is 0. The molecule has 0 atom stereocenters. The van der Waals surface area contributed by atoms with Gasteiger partial charge in [-0.2, -0.15) is 0 Å². The van der Waals surface area contributed by atoms with Gasteiger partial charge in [-0.25, -0.2) is 0 Å². The van der Waals surface area contributed by atoms with Crippen molar-refractivity contribution in [2.75, 3.05) is 0 Å². The van der Waals surface area contributed by atoms with Gasteiger partial charge in [0.25, 0.3) is 0 Å². The summed E-state index contributed by atoms with van der Waals surface area (Å²) in [6.07, 6.45) is 0. The Balaban J connectivity index is 0. The molecule has 0 aromatic heterocycles. The third kappa shape index (κ3) is 40.0.